The number of benzene rings is 1. The van der Waals surface area contributed by atoms with Crippen LogP contribution in [0.5, 0.6) is 5.88 Å². The number of fused-ring (bicyclic) bond motifs is 1. The number of nitrogens with zero attached hydrogens (tertiary/aromatic N) is 3. The molecule has 29 heavy (non-hydrogen) atoms. The number of aryl methyl sites for hydroxylation is 1. The van der Waals surface area contributed by atoms with Crippen molar-refractivity contribution in [3.05, 3.63) is 59.9 Å². The molecule has 3 aromatic rings. The normalized spacial score (nSPS) is 16.0. The fourth-order valence-corrected chi connectivity index (χ4v) is 4.71. The average molecular weight is 423 g/mol. The first kappa shape index (κ1) is 19.6. The summed E-state index contributed by atoms with van der Waals surface area (Å²) in [7, 11) is -3.81. The minimum Gasteiger partial charge on any atom is -0.472 e. The number of aromatic nitrogens is 2. The Bertz CT molecular complexity index is 1180. The van der Waals surface area contributed by atoms with Gasteiger partial charge in [0.25, 0.3) is 0 Å². The van der Waals surface area contributed by atoms with Gasteiger partial charge in [-0.3, -0.25) is 4.98 Å². The molecule has 1 aliphatic rings. The number of ether oxygens (including phenoxy) is 1. The molecule has 6 nitrogen and oxygen atoms in total. The van der Waals surface area contributed by atoms with E-state index in [0.717, 1.165) is 6.07 Å². The van der Waals surface area contributed by atoms with Gasteiger partial charge in [0.15, 0.2) is 0 Å². The lowest BCUT2D eigenvalue weighted by molar-refractivity contribution is -0.141. The molecule has 0 spiro atoms. The maximum Gasteiger partial charge on any atom is 0.433 e. The van der Waals surface area contributed by atoms with Gasteiger partial charge in [0.2, 0.25) is 15.9 Å². The molecule has 2 aromatic heterocycles. The molecule has 1 fully saturated rings. The third-order valence-electron chi connectivity index (χ3n) is 4.56. The molecular formula is C19H16F3N3O3S. The first-order valence-electron chi connectivity index (χ1n) is 8.72. The molecule has 0 amide bonds. The Morgan fingerprint density at radius 1 is 1.03 bits per heavy atom. The van der Waals surface area contributed by atoms with Crippen molar-refractivity contribution in [3.8, 4) is 5.88 Å². The Morgan fingerprint density at radius 3 is 2.48 bits per heavy atom. The van der Waals surface area contributed by atoms with Crippen LogP contribution in [0.25, 0.3) is 10.9 Å². The van der Waals surface area contributed by atoms with E-state index in [1.165, 1.54) is 22.5 Å². The fourth-order valence-electron chi connectivity index (χ4n) is 3.05. The summed E-state index contributed by atoms with van der Waals surface area (Å²) in [5, 5.41) is 0.707. The number of halogens is 3. The fraction of sp³-hybridized carbons (Fsp3) is 0.263. The molecule has 10 heteroatoms. The number of hydrogen-bond donors (Lipinski definition) is 0. The van der Waals surface area contributed by atoms with Crippen molar-refractivity contribution in [2.45, 2.75) is 24.1 Å². The Kier molecular flexibility index (Phi) is 4.70. The summed E-state index contributed by atoms with van der Waals surface area (Å²) in [6.45, 7) is 1.81. The molecule has 0 saturated carbocycles. The monoisotopic (exact) mass is 423 g/mol. The first-order chi connectivity index (χ1) is 13.6. The highest BCUT2D eigenvalue weighted by atomic mass is 32.2. The van der Waals surface area contributed by atoms with E-state index in [1.54, 1.807) is 31.2 Å². The Hall–Kier alpha value is -2.72. The van der Waals surface area contributed by atoms with E-state index >= 15 is 0 Å². The van der Waals surface area contributed by atoms with Gasteiger partial charge < -0.3 is 4.74 Å². The Balaban J connectivity index is 1.51. The topological polar surface area (TPSA) is 72.4 Å². The highest BCUT2D eigenvalue weighted by molar-refractivity contribution is 7.89. The smallest absolute Gasteiger partial charge is 0.433 e. The largest absolute Gasteiger partial charge is 0.472 e. The number of hydrogen-bond acceptors (Lipinski definition) is 5. The van der Waals surface area contributed by atoms with Crippen molar-refractivity contribution in [2.75, 3.05) is 13.1 Å². The highest BCUT2D eigenvalue weighted by Gasteiger charge is 2.40. The molecular weight excluding hydrogens is 407 g/mol. The van der Waals surface area contributed by atoms with Gasteiger partial charge >= 0.3 is 6.18 Å². The first-order valence-corrected chi connectivity index (χ1v) is 10.2. The third kappa shape index (κ3) is 3.77. The predicted octanol–water partition coefficient (Wildman–Crippen LogP) is 3.41. The number of alkyl halides is 3. The molecule has 1 saturated heterocycles. The Morgan fingerprint density at radius 2 is 1.76 bits per heavy atom. The second-order valence-corrected chi connectivity index (χ2v) is 8.61. The van der Waals surface area contributed by atoms with E-state index in [4.69, 9.17) is 4.74 Å². The molecule has 0 N–H and O–H groups in total. The summed E-state index contributed by atoms with van der Waals surface area (Å²) in [4.78, 5) is 7.88. The molecule has 0 radical (unpaired) electrons. The zero-order valence-corrected chi connectivity index (χ0v) is 16.0. The van der Waals surface area contributed by atoms with Gasteiger partial charge in [-0.2, -0.15) is 17.5 Å². The van der Waals surface area contributed by atoms with Crippen LogP contribution in [0.1, 0.15) is 11.4 Å². The van der Waals surface area contributed by atoms with Crippen LogP contribution in [0, 0.1) is 6.92 Å². The minimum atomic E-state index is -4.58. The molecule has 0 bridgehead atoms. The number of rotatable bonds is 4. The van der Waals surface area contributed by atoms with Crippen LogP contribution in [0.2, 0.25) is 0 Å². The van der Waals surface area contributed by atoms with E-state index in [9.17, 15) is 21.6 Å². The number of para-hydroxylation sites is 1. The average Bonchev–Trinajstić information content (AvgIpc) is 2.63. The van der Waals surface area contributed by atoms with Gasteiger partial charge in [-0.25, -0.2) is 13.4 Å². The maximum atomic E-state index is 13.0. The van der Waals surface area contributed by atoms with Crippen molar-refractivity contribution in [2.24, 2.45) is 0 Å². The van der Waals surface area contributed by atoms with Gasteiger partial charge in [-0.15, -0.1) is 0 Å². The van der Waals surface area contributed by atoms with Crippen LogP contribution in [0.4, 0.5) is 13.2 Å². The molecule has 1 aliphatic heterocycles. The molecule has 0 atom stereocenters. The minimum absolute atomic E-state index is 0.0163. The molecule has 4 rings (SSSR count). The van der Waals surface area contributed by atoms with Gasteiger partial charge in [0, 0.05) is 17.1 Å². The van der Waals surface area contributed by atoms with E-state index in [-0.39, 0.29) is 23.9 Å². The van der Waals surface area contributed by atoms with Crippen LogP contribution in [0.15, 0.2) is 53.4 Å². The lowest BCUT2D eigenvalue weighted by atomic mass is 10.2. The van der Waals surface area contributed by atoms with Crippen LogP contribution in [-0.2, 0) is 16.2 Å². The zero-order chi connectivity index (χ0) is 20.8. The van der Waals surface area contributed by atoms with Crippen molar-refractivity contribution in [3.63, 3.8) is 0 Å². The second kappa shape index (κ2) is 6.96. The van der Waals surface area contributed by atoms with Gasteiger partial charge in [0.05, 0.1) is 18.6 Å². The zero-order valence-electron chi connectivity index (χ0n) is 15.2. The van der Waals surface area contributed by atoms with E-state index < -0.39 is 28.0 Å². The van der Waals surface area contributed by atoms with Gasteiger partial charge in [-0.1, -0.05) is 24.3 Å². The third-order valence-corrected chi connectivity index (χ3v) is 6.42. The summed E-state index contributed by atoms with van der Waals surface area (Å²) in [5.74, 6) is -0.190. The molecule has 1 aromatic carbocycles. The molecule has 152 valence electrons. The van der Waals surface area contributed by atoms with E-state index in [2.05, 4.69) is 9.97 Å². The maximum absolute atomic E-state index is 13.0. The lowest BCUT2D eigenvalue weighted by Gasteiger charge is -2.37. The number of pyridine rings is 2. The second-order valence-electron chi connectivity index (χ2n) is 6.70. The molecule has 0 aliphatic carbocycles. The summed E-state index contributed by atoms with van der Waals surface area (Å²) in [5.41, 5.74) is 0.0213. The highest BCUT2D eigenvalue weighted by Crippen LogP contribution is 2.31. The van der Waals surface area contributed by atoms with Crippen molar-refractivity contribution in [1.82, 2.24) is 14.3 Å². The van der Waals surface area contributed by atoms with Crippen LogP contribution >= 0.6 is 0 Å². The van der Waals surface area contributed by atoms with Gasteiger partial charge in [0.1, 0.15) is 16.7 Å². The Labute approximate surface area is 165 Å². The van der Waals surface area contributed by atoms with Crippen molar-refractivity contribution >= 4 is 20.9 Å². The predicted molar refractivity (Wildman–Crippen MR) is 98.9 cm³/mol. The molecule has 0 unspecified atom stereocenters. The van der Waals surface area contributed by atoms with Crippen molar-refractivity contribution in [1.29, 1.82) is 0 Å². The quantitative estimate of drug-likeness (QED) is 0.643. The van der Waals surface area contributed by atoms with Gasteiger partial charge in [-0.05, 0) is 25.1 Å². The molecule has 3 heterocycles. The lowest BCUT2D eigenvalue weighted by Crippen LogP contribution is -2.56. The summed E-state index contributed by atoms with van der Waals surface area (Å²) < 4.78 is 70.9. The van der Waals surface area contributed by atoms with E-state index in [1.807, 2.05) is 0 Å². The summed E-state index contributed by atoms with van der Waals surface area (Å²) in [6.07, 6.45) is -5.15. The van der Waals surface area contributed by atoms with Crippen LogP contribution < -0.4 is 4.74 Å². The number of sulfonamides is 1. The van der Waals surface area contributed by atoms with Crippen molar-refractivity contribution < 1.29 is 26.3 Å². The SMILES string of the molecule is Cc1ccc2cccc(S(=O)(=O)N3CC(Oc4cccc(C(F)(F)F)n4)C3)c2n1. The summed E-state index contributed by atoms with van der Waals surface area (Å²) in [6, 6.07) is 11.9. The standard InChI is InChI=1S/C19H16F3N3O3S/c1-12-8-9-13-4-2-5-15(18(13)23-12)29(26,27)25-10-14(11-25)28-17-7-3-6-16(24-17)19(20,21)22/h2-9,14H,10-11H2,1H3. The van der Waals surface area contributed by atoms with Crippen LogP contribution in [-0.4, -0.2) is 41.9 Å². The van der Waals surface area contributed by atoms with E-state index in [0.29, 0.717) is 16.6 Å². The summed E-state index contributed by atoms with van der Waals surface area (Å²) >= 11 is 0. The van der Waals surface area contributed by atoms with Crippen LogP contribution in [0.3, 0.4) is 0 Å².